The summed E-state index contributed by atoms with van der Waals surface area (Å²) in [5, 5.41) is 1.29. The smallest absolute Gasteiger partial charge is 0.123 e. The van der Waals surface area contributed by atoms with Crippen LogP contribution in [0.4, 0.5) is 4.39 Å². The van der Waals surface area contributed by atoms with Gasteiger partial charge < -0.3 is 4.98 Å². The first kappa shape index (κ1) is 19.2. The number of para-hydroxylation sites is 1. The Morgan fingerprint density at radius 2 is 1.62 bits per heavy atom. The zero-order chi connectivity index (χ0) is 19.9. The third-order valence-electron chi connectivity index (χ3n) is 5.17. The van der Waals surface area contributed by atoms with Gasteiger partial charge in [-0.25, -0.2) is 4.39 Å². The predicted octanol–water partition coefficient (Wildman–Crippen LogP) is 6.07. The molecule has 0 saturated carbocycles. The summed E-state index contributed by atoms with van der Waals surface area (Å²) in [7, 11) is 0. The minimum atomic E-state index is -0.192. The second-order valence-electron chi connectivity index (χ2n) is 7.28. The zero-order valence-corrected chi connectivity index (χ0v) is 16.4. The van der Waals surface area contributed by atoms with Gasteiger partial charge in [0.25, 0.3) is 0 Å². The summed E-state index contributed by atoms with van der Waals surface area (Å²) >= 11 is 0. The second-order valence-corrected chi connectivity index (χ2v) is 7.28. The van der Waals surface area contributed by atoms with Crippen molar-refractivity contribution >= 4 is 17.0 Å². The molecule has 146 valence electrons. The molecule has 0 atom stereocenters. The first-order valence-corrected chi connectivity index (χ1v) is 10.0. The number of hydrogen-bond acceptors (Lipinski definition) is 1. The molecule has 0 spiro atoms. The lowest BCUT2D eigenvalue weighted by atomic mass is 10.1. The van der Waals surface area contributed by atoms with E-state index in [4.69, 9.17) is 0 Å². The summed E-state index contributed by atoms with van der Waals surface area (Å²) < 4.78 is 13.3. The minimum Gasteiger partial charge on any atom is -0.361 e. The van der Waals surface area contributed by atoms with E-state index in [9.17, 15) is 4.39 Å². The van der Waals surface area contributed by atoms with Crippen molar-refractivity contribution in [2.24, 2.45) is 0 Å². The SMILES string of the molecule is Fc1ccc(CN(C/C=C/c2ccccc2)CCc2c[nH]c3ccccc23)cc1. The molecule has 0 unspecified atom stereocenters. The summed E-state index contributed by atoms with van der Waals surface area (Å²) in [6.45, 7) is 2.56. The van der Waals surface area contributed by atoms with Crippen molar-refractivity contribution < 1.29 is 4.39 Å². The van der Waals surface area contributed by atoms with Crippen LogP contribution in [0, 0.1) is 5.82 Å². The van der Waals surface area contributed by atoms with Gasteiger partial charge >= 0.3 is 0 Å². The minimum absolute atomic E-state index is 0.192. The van der Waals surface area contributed by atoms with E-state index in [1.54, 1.807) is 0 Å². The largest absolute Gasteiger partial charge is 0.361 e. The van der Waals surface area contributed by atoms with E-state index in [-0.39, 0.29) is 5.82 Å². The van der Waals surface area contributed by atoms with Crippen molar-refractivity contribution in [3.05, 3.63) is 114 Å². The summed E-state index contributed by atoms with van der Waals surface area (Å²) in [5.74, 6) is -0.192. The van der Waals surface area contributed by atoms with Crippen LogP contribution in [0.3, 0.4) is 0 Å². The van der Waals surface area contributed by atoms with E-state index >= 15 is 0 Å². The molecular weight excluding hydrogens is 359 g/mol. The van der Waals surface area contributed by atoms with Crippen LogP contribution < -0.4 is 0 Å². The predicted molar refractivity (Wildman–Crippen MR) is 119 cm³/mol. The number of fused-ring (bicyclic) bond motifs is 1. The van der Waals surface area contributed by atoms with Crippen molar-refractivity contribution in [2.75, 3.05) is 13.1 Å². The van der Waals surface area contributed by atoms with Crippen molar-refractivity contribution in [2.45, 2.75) is 13.0 Å². The van der Waals surface area contributed by atoms with Crippen LogP contribution in [0.1, 0.15) is 16.7 Å². The van der Waals surface area contributed by atoms with Gasteiger partial charge in [0.05, 0.1) is 0 Å². The summed E-state index contributed by atoms with van der Waals surface area (Å²) in [4.78, 5) is 5.76. The van der Waals surface area contributed by atoms with Gasteiger partial charge in [0.2, 0.25) is 0 Å². The Labute approximate surface area is 171 Å². The number of rotatable bonds is 8. The van der Waals surface area contributed by atoms with Gasteiger partial charge in [0.15, 0.2) is 0 Å². The van der Waals surface area contributed by atoms with Crippen molar-refractivity contribution in [1.82, 2.24) is 9.88 Å². The van der Waals surface area contributed by atoms with Gasteiger partial charge in [-0.3, -0.25) is 4.90 Å². The maximum absolute atomic E-state index is 13.3. The van der Waals surface area contributed by atoms with Gasteiger partial charge in [-0.15, -0.1) is 0 Å². The molecule has 4 rings (SSSR count). The Bertz CT molecular complexity index is 1060. The van der Waals surface area contributed by atoms with Gasteiger partial charge in [-0.1, -0.05) is 72.8 Å². The molecule has 0 aliphatic rings. The van der Waals surface area contributed by atoms with Crippen LogP contribution in [-0.2, 0) is 13.0 Å². The molecule has 0 fully saturated rings. The van der Waals surface area contributed by atoms with E-state index in [0.717, 1.165) is 31.6 Å². The van der Waals surface area contributed by atoms with E-state index in [1.807, 2.05) is 30.3 Å². The van der Waals surface area contributed by atoms with Gasteiger partial charge in [0.1, 0.15) is 5.82 Å². The standard InChI is InChI=1S/C26H25FN2/c27-24-14-12-22(13-15-24)20-29(17-6-9-21-7-2-1-3-8-21)18-16-23-19-28-26-11-5-4-10-25(23)26/h1-15,19,28H,16-18,20H2/b9-6+. The molecule has 0 saturated heterocycles. The molecule has 0 bridgehead atoms. The number of hydrogen-bond donors (Lipinski definition) is 1. The number of aromatic nitrogens is 1. The molecule has 2 nitrogen and oxygen atoms in total. The van der Waals surface area contributed by atoms with E-state index in [0.29, 0.717) is 0 Å². The highest BCUT2D eigenvalue weighted by Gasteiger charge is 2.08. The Hall–Kier alpha value is -3.17. The molecule has 3 aromatic carbocycles. The second kappa shape index (κ2) is 9.35. The molecule has 1 heterocycles. The number of benzene rings is 3. The van der Waals surface area contributed by atoms with Crippen LogP contribution >= 0.6 is 0 Å². The maximum Gasteiger partial charge on any atom is 0.123 e. The third kappa shape index (κ3) is 5.21. The van der Waals surface area contributed by atoms with Crippen molar-refractivity contribution in [1.29, 1.82) is 0 Å². The van der Waals surface area contributed by atoms with Crippen LogP contribution in [0.5, 0.6) is 0 Å². The molecule has 1 aromatic heterocycles. The van der Waals surface area contributed by atoms with Crippen LogP contribution in [0.2, 0.25) is 0 Å². The van der Waals surface area contributed by atoms with Crippen LogP contribution in [0.15, 0.2) is 91.1 Å². The number of halogens is 1. The summed E-state index contributed by atoms with van der Waals surface area (Å²) in [6.07, 6.45) is 7.43. The molecule has 0 aliphatic carbocycles. The lowest BCUT2D eigenvalue weighted by Crippen LogP contribution is -2.26. The first-order valence-electron chi connectivity index (χ1n) is 10.0. The first-order chi connectivity index (χ1) is 14.3. The number of nitrogens with one attached hydrogen (secondary N) is 1. The maximum atomic E-state index is 13.3. The van der Waals surface area contributed by atoms with Crippen LogP contribution in [-0.4, -0.2) is 23.0 Å². The molecule has 1 N–H and O–H groups in total. The van der Waals surface area contributed by atoms with Gasteiger partial charge in [-0.05, 0) is 41.3 Å². The highest BCUT2D eigenvalue weighted by molar-refractivity contribution is 5.83. The highest BCUT2D eigenvalue weighted by atomic mass is 19.1. The average Bonchev–Trinajstić information content (AvgIpc) is 3.17. The molecule has 4 aromatic rings. The molecule has 0 amide bonds. The molecule has 29 heavy (non-hydrogen) atoms. The lowest BCUT2D eigenvalue weighted by Gasteiger charge is -2.21. The number of nitrogens with zero attached hydrogens (tertiary/aromatic N) is 1. The van der Waals surface area contributed by atoms with Crippen molar-refractivity contribution in [3.8, 4) is 0 Å². The van der Waals surface area contributed by atoms with Gasteiger partial charge in [-0.2, -0.15) is 0 Å². The molecule has 3 heteroatoms. The highest BCUT2D eigenvalue weighted by Crippen LogP contribution is 2.19. The quantitative estimate of drug-likeness (QED) is 0.391. The molecule has 0 radical (unpaired) electrons. The normalized spacial score (nSPS) is 11.7. The van der Waals surface area contributed by atoms with Crippen molar-refractivity contribution in [3.63, 3.8) is 0 Å². The fourth-order valence-corrected chi connectivity index (χ4v) is 3.60. The van der Waals surface area contributed by atoms with E-state index < -0.39 is 0 Å². The van der Waals surface area contributed by atoms with Crippen LogP contribution in [0.25, 0.3) is 17.0 Å². The fraction of sp³-hybridized carbons (Fsp3) is 0.154. The Kier molecular flexibility index (Phi) is 6.18. The Morgan fingerprint density at radius 1 is 0.862 bits per heavy atom. The molecular formula is C26H25FN2. The lowest BCUT2D eigenvalue weighted by molar-refractivity contribution is 0.299. The van der Waals surface area contributed by atoms with E-state index in [2.05, 4.69) is 64.6 Å². The number of aromatic amines is 1. The summed E-state index contributed by atoms with van der Waals surface area (Å²) in [6, 6.07) is 25.6. The Balaban J connectivity index is 1.46. The Morgan fingerprint density at radius 3 is 2.45 bits per heavy atom. The zero-order valence-electron chi connectivity index (χ0n) is 16.4. The summed E-state index contributed by atoms with van der Waals surface area (Å²) in [5.41, 5.74) is 4.83. The molecule has 0 aliphatic heterocycles. The van der Waals surface area contributed by atoms with E-state index in [1.165, 1.54) is 34.2 Å². The van der Waals surface area contributed by atoms with Gasteiger partial charge in [0, 0.05) is 36.7 Å². The fourth-order valence-electron chi connectivity index (χ4n) is 3.60. The number of H-pyrrole nitrogens is 1. The average molecular weight is 384 g/mol. The third-order valence-corrected chi connectivity index (χ3v) is 5.17. The topological polar surface area (TPSA) is 19.0 Å². The monoisotopic (exact) mass is 384 g/mol.